The molecule has 0 saturated heterocycles. The van der Waals surface area contributed by atoms with Crippen LogP contribution in [-0.4, -0.2) is 23.0 Å². The fourth-order valence-electron chi connectivity index (χ4n) is 1.48. The summed E-state index contributed by atoms with van der Waals surface area (Å²) >= 11 is 0. The molecule has 0 fully saturated rings. The smallest absolute Gasteiger partial charge is 0.298 e. The fourth-order valence-corrected chi connectivity index (χ4v) is 1.48. The molecule has 3 N–H and O–H groups in total. The SMILES string of the molecule is NC/C=C/CNc1nc2c([N+](=O)[O-])cccc2o1. The number of anilines is 1. The minimum atomic E-state index is -0.483. The van der Waals surface area contributed by atoms with Crippen LogP contribution in [0.5, 0.6) is 0 Å². The van der Waals surface area contributed by atoms with Gasteiger partial charge in [0, 0.05) is 19.2 Å². The first-order valence-electron chi connectivity index (χ1n) is 5.35. The Morgan fingerprint density at radius 3 is 3.06 bits per heavy atom. The van der Waals surface area contributed by atoms with Gasteiger partial charge in [0.25, 0.3) is 11.7 Å². The maximum atomic E-state index is 10.8. The normalized spacial score (nSPS) is 11.2. The Hall–Kier alpha value is -2.41. The lowest BCUT2D eigenvalue weighted by Gasteiger charge is -1.93. The maximum Gasteiger partial charge on any atom is 0.298 e. The van der Waals surface area contributed by atoms with E-state index in [0.717, 1.165) is 0 Å². The van der Waals surface area contributed by atoms with Crippen molar-refractivity contribution < 1.29 is 9.34 Å². The van der Waals surface area contributed by atoms with Gasteiger partial charge in [-0.15, -0.1) is 0 Å². The topological polar surface area (TPSA) is 107 Å². The molecule has 0 bridgehead atoms. The van der Waals surface area contributed by atoms with Crippen LogP contribution < -0.4 is 11.1 Å². The van der Waals surface area contributed by atoms with E-state index in [1.165, 1.54) is 6.07 Å². The molecule has 7 heteroatoms. The van der Waals surface area contributed by atoms with Crippen LogP contribution in [0, 0.1) is 10.1 Å². The number of benzene rings is 1. The number of para-hydroxylation sites is 1. The zero-order valence-corrected chi connectivity index (χ0v) is 9.50. The molecule has 0 aliphatic carbocycles. The largest absolute Gasteiger partial charge is 0.423 e. The van der Waals surface area contributed by atoms with Gasteiger partial charge in [-0.05, 0) is 6.07 Å². The second-order valence-electron chi connectivity index (χ2n) is 3.49. The number of aromatic nitrogens is 1. The summed E-state index contributed by atoms with van der Waals surface area (Å²) in [5.41, 5.74) is 5.85. The van der Waals surface area contributed by atoms with Crippen LogP contribution in [0.2, 0.25) is 0 Å². The van der Waals surface area contributed by atoms with Crippen molar-refractivity contribution in [2.24, 2.45) is 5.73 Å². The third kappa shape index (κ3) is 2.46. The Bertz CT molecular complexity index is 591. The quantitative estimate of drug-likeness (QED) is 0.473. The Kier molecular flexibility index (Phi) is 3.54. The fraction of sp³-hybridized carbons (Fsp3) is 0.182. The molecule has 1 aromatic carbocycles. The number of hydrogen-bond donors (Lipinski definition) is 2. The van der Waals surface area contributed by atoms with Gasteiger partial charge in [-0.2, -0.15) is 4.98 Å². The maximum absolute atomic E-state index is 10.8. The molecule has 0 spiro atoms. The predicted octanol–water partition coefficient (Wildman–Crippen LogP) is 1.66. The summed E-state index contributed by atoms with van der Waals surface area (Å²) in [6.07, 6.45) is 3.61. The number of non-ortho nitro benzene ring substituents is 1. The van der Waals surface area contributed by atoms with Crippen molar-refractivity contribution >= 4 is 22.8 Å². The van der Waals surface area contributed by atoms with Crippen molar-refractivity contribution in [3.05, 3.63) is 40.5 Å². The Labute approximate surface area is 102 Å². The molecule has 18 heavy (non-hydrogen) atoms. The molecule has 0 aliphatic heterocycles. The molecule has 7 nitrogen and oxygen atoms in total. The number of hydrogen-bond acceptors (Lipinski definition) is 6. The highest BCUT2D eigenvalue weighted by molar-refractivity contribution is 5.83. The van der Waals surface area contributed by atoms with Crippen LogP contribution in [0.4, 0.5) is 11.7 Å². The molecule has 1 heterocycles. The molecule has 2 rings (SSSR count). The highest BCUT2D eigenvalue weighted by atomic mass is 16.6. The average molecular weight is 248 g/mol. The van der Waals surface area contributed by atoms with Crippen molar-refractivity contribution in [3.8, 4) is 0 Å². The highest BCUT2D eigenvalue weighted by Crippen LogP contribution is 2.27. The molecular weight excluding hydrogens is 236 g/mol. The van der Waals surface area contributed by atoms with Gasteiger partial charge in [0.05, 0.1) is 4.92 Å². The number of nitro benzene ring substituents is 1. The molecule has 1 aromatic heterocycles. The summed E-state index contributed by atoms with van der Waals surface area (Å²) in [6, 6.07) is 4.84. The summed E-state index contributed by atoms with van der Waals surface area (Å²) in [5.74, 6) is 0. The van der Waals surface area contributed by atoms with E-state index in [-0.39, 0.29) is 17.2 Å². The molecular formula is C11H12N4O3. The summed E-state index contributed by atoms with van der Waals surface area (Å²) in [4.78, 5) is 14.4. The molecule has 0 radical (unpaired) electrons. The number of nitro groups is 1. The first-order valence-corrected chi connectivity index (χ1v) is 5.35. The summed E-state index contributed by atoms with van der Waals surface area (Å²) < 4.78 is 5.35. The van der Waals surface area contributed by atoms with Crippen molar-refractivity contribution in [1.82, 2.24) is 4.98 Å². The van der Waals surface area contributed by atoms with Gasteiger partial charge in [-0.25, -0.2) is 0 Å². The predicted molar refractivity (Wildman–Crippen MR) is 67.3 cm³/mol. The minimum Gasteiger partial charge on any atom is -0.423 e. The Balaban J connectivity index is 2.24. The Morgan fingerprint density at radius 1 is 1.50 bits per heavy atom. The summed E-state index contributed by atoms with van der Waals surface area (Å²) in [5, 5.41) is 13.7. The van der Waals surface area contributed by atoms with E-state index in [9.17, 15) is 10.1 Å². The van der Waals surface area contributed by atoms with Crippen LogP contribution in [0.1, 0.15) is 0 Å². The molecule has 0 unspecified atom stereocenters. The Morgan fingerprint density at radius 2 is 2.33 bits per heavy atom. The molecule has 0 amide bonds. The van der Waals surface area contributed by atoms with Gasteiger partial charge >= 0.3 is 0 Å². The van der Waals surface area contributed by atoms with Gasteiger partial charge in [0.2, 0.25) is 0 Å². The van der Waals surface area contributed by atoms with Crippen LogP contribution in [-0.2, 0) is 0 Å². The lowest BCUT2D eigenvalue weighted by molar-refractivity contribution is -0.383. The second kappa shape index (κ2) is 5.28. The minimum absolute atomic E-state index is 0.0678. The van der Waals surface area contributed by atoms with E-state index in [2.05, 4.69) is 10.3 Å². The van der Waals surface area contributed by atoms with Crippen LogP contribution in [0.3, 0.4) is 0 Å². The number of fused-ring (bicyclic) bond motifs is 1. The second-order valence-corrected chi connectivity index (χ2v) is 3.49. The van der Waals surface area contributed by atoms with E-state index >= 15 is 0 Å². The van der Waals surface area contributed by atoms with E-state index in [4.69, 9.17) is 10.2 Å². The van der Waals surface area contributed by atoms with E-state index in [0.29, 0.717) is 18.7 Å². The van der Waals surface area contributed by atoms with E-state index < -0.39 is 4.92 Å². The van der Waals surface area contributed by atoms with Crippen LogP contribution >= 0.6 is 0 Å². The summed E-state index contributed by atoms with van der Waals surface area (Å²) in [6.45, 7) is 0.957. The van der Waals surface area contributed by atoms with Crippen LogP contribution in [0.15, 0.2) is 34.8 Å². The van der Waals surface area contributed by atoms with E-state index in [1.54, 1.807) is 18.2 Å². The number of nitrogens with one attached hydrogen (secondary N) is 1. The third-order valence-corrected chi connectivity index (χ3v) is 2.27. The molecule has 0 aliphatic rings. The lowest BCUT2D eigenvalue weighted by Crippen LogP contribution is -2.00. The van der Waals surface area contributed by atoms with Gasteiger partial charge in [-0.1, -0.05) is 18.2 Å². The first kappa shape index (κ1) is 12.1. The number of nitrogens with zero attached hydrogens (tertiary/aromatic N) is 2. The molecule has 0 atom stereocenters. The molecule has 2 aromatic rings. The van der Waals surface area contributed by atoms with Crippen LogP contribution in [0.25, 0.3) is 11.1 Å². The van der Waals surface area contributed by atoms with Gasteiger partial charge < -0.3 is 15.5 Å². The highest BCUT2D eigenvalue weighted by Gasteiger charge is 2.16. The lowest BCUT2D eigenvalue weighted by atomic mass is 10.3. The van der Waals surface area contributed by atoms with Crippen molar-refractivity contribution in [2.45, 2.75) is 0 Å². The number of nitrogens with two attached hydrogens (primary N) is 1. The standard InChI is InChI=1S/C11H12N4O3/c12-6-1-2-7-13-11-14-10-8(15(16)17)4-3-5-9(10)18-11/h1-5H,6-7,12H2,(H,13,14)/b2-1+. The molecule has 94 valence electrons. The van der Waals surface area contributed by atoms with Crippen molar-refractivity contribution in [1.29, 1.82) is 0 Å². The van der Waals surface area contributed by atoms with Crippen molar-refractivity contribution in [2.75, 3.05) is 18.4 Å². The number of oxazole rings is 1. The third-order valence-electron chi connectivity index (χ3n) is 2.27. The number of rotatable bonds is 5. The van der Waals surface area contributed by atoms with Crippen molar-refractivity contribution in [3.63, 3.8) is 0 Å². The zero-order valence-electron chi connectivity index (χ0n) is 9.50. The van der Waals surface area contributed by atoms with Gasteiger partial charge in [-0.3, -0.25) is 10.1 Å². The monoisotopic (exact) mass is 248 g/mol. The van der Waals surface area contributed by atoms with Gasteiger partial charge in [0.1, 0.15) is 0 Å². The van der Waals surface area contributed by atoms with Gasteiger partial charge in [0.15, 0.2) is 11.1 Å². The summed E-state index contributed by atoms with van der Waals surface area (Å²) in [7, 11) is 0. The first-order chi connectivity index (χ1) is 8.72. The molecule has 0 saturated carbocycles. The van der Waals surface area contributed by atoms with E-state index in [1.807, 2.05) is 6.08 Å². The average Bonchev–Trinajstić information content (AvgIpc) is 2.76. The zero-order chi connectivity index (χ0) is 13.0.